The Hall–Kier alpha value is -0.570. The third-order valence-electron chi connectivity index (χ3n) is 3.45. The highest BCUT2D eigenvalue weighted by molar-refractivity contribution is 5.81. The fourth-order valence-corrected chi connectivity index (χ4v) is 2.35. The van der Waals surface area contributed by atoms with Crippen LogP contribution in [0, 0.1) is 11.3 Å². The van der Waals surface area contributed by atoms with Crippen molar-refractivity contribution < 1.29 is 4.79 Å². The molecule has 0 radical (unpaired) electrons. The van der Waals surface area contributed by atoms with Crippen LogP contribution in [0.4, 0.5) is 0 Å². The number of carbonyl (C=O) groups is 1. The molecule has 2 atom stereocenters. The van der Waals surface area contributed by atoms with Crippen molar-refractivity contribution >= 4 is 5.91 Å². The second kappa shape index (κ2) is 5.17. The first kappa shape index (κ1) is 13.5. The molecule has 0 aromatic carbocycles. The van der Waals surface area contributed by atoms with Crippen molar-refractivity contribution in [2.24, 2.45) is 11.3 Å². The van der Waals surface area contributed by atoms with E-state index in [1.54, 1.807) is 0 Å². The second-order valence-corrected chi connectivity index (χ2v) is 5.96. The summed E-state index contributed by atoms with van der Waals surface area (Å²) in [5.41, 5.74) is -0.256. The summed E-state index contributed by atoms with van der Waals surface area (Å²) < 4.78 is 0. The van der Waals surface area contributed by atoms with E-state index in [-0.39, 0.29) is 11.3 Å². The van der Waals surface area contributed by atoms with Gasteiger partial charge in [0.25, 0.3) is 0 Å². The summed E-state index contributed by atoms with van der Waals surface area (Å²) in [7, 11) is 1.99. The molecule has 1 saturated heterocycles. The first-order valence-corrected chi connectivity index (χ1v) is 6.35. The number of hydrogen-bond donors (Lipinski definition) is 1. The van der Waals surface area contributed by atoms with Crippen molar-refractivity contribution in [2.45, 2.75) is 46.6 Å². The molecule has 1 aliphatic heterocycles. The van der Waals surface area contributed by atoms with Gasteiger partial charge in [0.05, 0.1) is 0 Å². The highest BCUT2D eigenvalue weighted by atomic mass is 16.2. The van der Waals surface area contributed by atoms with E-state index in [1.165, 1.54) is 6.42 Å². The quantitative estimate of drug-likeness (QED) is 0.779. The predicted octanol–water partition coefficient (Wildman–Crippen LogP) is 1.88. The van der Waals surface area contributed by atoms with Gasteiger partial charge in [-0.3, -0.25) is 4.79 Å². The Bertz CT molecular complexity index is 233. The van der Waals surface area contributed by atoms with E-state index in [2.05, 4.69) is 12.2 Å². The molecule has 0 bridgehead atoms. The van der Waals surface area contributed by atoms with E-state index in [0.717, 1.165) is 19.5 Å². The molecule has 0 aromatic rings. The normalized spacial score (nSPS) is 26.9. The molecule has 0 saturated carbocycles. The summed E-state index contributed by atoms with van der Waals surface area (Å²) in [5, 5.41) is 3.31. The summed E-state index contributed by atoms with van der Waals surface area (Å²) in [4.78, 5) is 14.3. The minimum absolute atomic E-state index is 0.256. The minimum Gasteiger partial charge on any atom is -0.340 e. The van der Waals surface area contributed by atoms with Crippen molar-refractivity contribution in [1.82, 2.24) is 10.2 Å². The lowest BCUT2D eigenvalue weighted by Crippen LogP contribution is -2.53. The van der Waals surface area contributed by atoms with Crippen LogP contribution in [0.25, 0.3) is 0 Å². The zero-order valence-electron chi connectivity index (χ0n) is 11.3. The Morgan fingerprint density at radius 2 is 2.00 bits per heavy atom. The summed E-state index contributed by atoms with van der Waals surface area (Å²) >= 11 is 0. The monoisotopic (exact) mass is 226 g/mol. The van der Waals surface area contributed by atoms with Gasteiger partial charge in [0, 0.05) is 24.5 Å². The van der Waals surface area contributed by atoms with Gasteiger partial charge >= 0.3 is 0 Å². The van der Waals surface area contributed by atoms with Crippen LogP contribution in [-0.4, -0.2) is 37.0 Å². The summed E-state index contributed by atoms with van der Waals surface area (Å²) in [6, 6.07) is 0.463. The van der Waals surface area contributed by atoms with Crippen LogP contribution in [0.2, 0.25) is 0 Å². The maximum Gasteiger partial charge on any atom is 0.228 e. The molecule has 1 aliphatic rings. The predicted molar refractivity (Wildman–Crippen MR) is 67.3 cm³/mol. The van der Waals surface area contributed by atoms with Crippen molar-refractivity contribution in [3.63, 3.8) is 0 Å². The lowest BCUT2D eigenvalue weighted by atomic mass is 9.88. The largest absolute Gasteiger partial charge is 0.340 e. The van der Waals surface area contributed by atoms with Crippen LogP contribution >= 0.6 is 0 Å². The van der Waals surface area contributed by atoms with Gasteiger partial charge in [-0.15, -0.1) is 0 Å². The van der Waals surface area contributed by atoms with Gasteiger partial charge in [0.2, 0.25) is 5.91 Å². The average Bonchev–Trinajstić information content (AvgIpc) is 2.26. The van der Waals surface area contributed by atoms with Gasteiger partial charge in [-0.05, 0) is 19.4 Å². The lowest BCUT2D eigenvalue weighted by Gasteiger charge is -2.40. The molecule has 0 aromatic heterocycles. The number of likely N-dealkylation sites (tertiary alicyclic amines) is 1. The standard InChI is InChI=1S/C13H26N2O/c1-6-10-7-11(14-5)9-15(8-10)12(16)13(2,3)4/h10-11,14H,6-9H2,1-5H3. The Morgan fingerprint density at radius 1 is 1.38 bits per heavy atom. The SMILES string of the molecule is CCC1CC(NC)CN(C(=O)C(C)(C)C)C1. The topological polar surface area (TPSA) is 32.3 Å². The molecule has 1 fully saturated rings. The van der Waals surface area contributed by atoms with Crippen LogP contribution in [0.3, 0.4) is 0 Å². The Labute approximate surface area is 99.6 Å². The number of carbonyl (C=O) groups excluding carboxylic acids is 1. The van der Waals surface area contributed by atoms with Crippen LogP contribution in [0.5, 0.6) is 0 Å². The lowest BCUT2D eigenvalue weighted by molar-refractivity contribution is -0.141. The minimum atomic E-state index is -0.256. The molecule has 1 N–H and O–H groups in total. The third-order valence-corrected chi connectivity index (χ3v) is 3.45. The fraction of sp³-hybridized carbons (Fsp3) is 0.923. The molecule has 1 amide bonds. The van der Waals surface area contributed by atoms with Gasteiger partial charge in [-0.1, -0.05) is 34.1 Å². The van der Waals surface area contributed by atoms with Crippen LogP contribution in [0.15, 0.2) is 0 Å². The van der Waals surface area contributed by atoms with Crippen molar-refractivity contribution in [1.29, 1.82) is 0 Å². The Kier molecular flexibility index (Phi) is 4.36. The number of piperidine rings is 1. The van der Waals surface area contributed by atoms with Crippen molar-refractivity contribution in [2.75, 3.05) is 20.1 Å². The third kappa shape index (κ3) is 3.21. The molecular weight excluding hydrogens is 200 g/mol. The molecule has 94 valence electrons. The van der Waals surface area contributed by atoms with Crippen molar-refractivity contribution in [3.05, 3.63) is 0 Å². The summed E-state index contributed by atoms with van der Waals surface area (Å²) in [6.45, 7) is 10.0. The number of nitrogens with zero attached hydrogens (tertiary/aromatic N) is 1. The van der Waals surface area contributed by atoms with Crippen LogP contribution in [0.1, 0.15) is 40.5 Å². The molecule has 3 nitrogen and oxygen atoms in total. The number of rotatable bonds is 2. The van der Waals surface area contributed by atoms with E-state index >= 15 is 0 Å². The van der Waals surface area contributed by atoms with Crippen LogP contribution < -0.4 is 5.32 Å². The zero-order chi connectivity index (χ0) is 12.3. The number of likely N-dealkylation sites (N-methyl/N-ethyl adjacent to an activating group) is 1. The Balaban J connectivity index is 2.69. The zero-order valence-corrected chi connectivity index (χ0v) is 11.3. The average molecular weight is 226 g/mol. The van der Waals surface area contributed by atoms with Gasteiger partial charge in [0.15, 0.2) is 0 Å². The van der Waals surface area contributed by atoms with E-state index in [0.29, 0.717) is 12.0 Å². The van der Waals surface area contributed by atoms with E-state index in [9.17, 15) is 4.79 Å². The molecule has 0 spiro atoms. The summed E-state index contributed by atoms with van der Waals surface area (Å²) in [6.07, 6.45) is 2.35. The highest BCUT2D eigenvalue weighted by Gasteiger charge is 2.33. The van der Waals surface area contributed by atoms with Gasteiger partial charge < -0.3 is 10.2 Å². The maximum atomic E-state index is 12.2. The first-order valence-electron chi connectivity index (χ1n) is 6.35. The van der Waals surface area contributed by atoms with Crippen LogP contribution in [-0.2, 0) is 4.79 Å². The van der Waals surface area contributed by atoms with E-state index < -0.39 is 0 Å². The molecule has 3 heteroatoms. The fourth-order valence-electron chi connectivity index (χ4n) is 2.35. The van der Waals surface area contributed by atoms with E-state index in [4.69, 9.17) is 0 Å². The molecule has 1 heterocycles. The number of amides is 1. The second-order valence-electron chi connectivity index (χ2n) is 5.96. The first-order chi connectivity index (χ1) is 7.38. The highest BCUT2D eigenvalue weighted by Crippen LogP contribution is 2.24. The molecular formula is C13H26N2O. The number of nitrogens with one attached hydrogen (secondary N) is 1. The van der Waals surface area contributed by atoms with Gasteiger partial charge in [-0.25, -0.2) is 0 Å². The van der Waals surface area contributed by atoms with Crippen molar-refractivity contribution in [3.8, 4) is 0 Å². The smallest absolute Gasteiger partial charge is 0.228 e. The molecule has 16 heavy (non-hydrogen) atoms. The molecule has 2 unspecified atom stereocenters. The maximum absolute atomic E-state index is 12.2. The van der Waals surface area contributed by atoms with E-state index in [1.807, 2.05) is 32.7 Å². The Morgan fingerprint density at radius 3 is 2.44 bits per heavy atom. The molecule has 0 aliphatic carbocycles. The van der Waals surface area contributed by atoms with Gasteiger partial charge in [-0.2, -0.15) is 0 Å². The molecule has 1 rings (SSSR count). The summed E-state index contributed by atoms with van der Waals surface area (Å²) in [5.74, 6) is 0.934. The number of hydrogen-bond acceptors (Lipinski definition) is 2. The van der Waals surface area contributed by atoms with Gasteiger partial charge in [0.1, 0.15) is 0 Å².